The molecule has 1 aliphatic rings. The van der Waals surface area contributed by atoms with Gasteiger partial charge in [0.05, 0.1) is 6.54 Å². The molecule has 1 aliphatic heterocycles. The molecule has 90 valence electrons. The first-order chi connectivity index (χ1) is 8.78. The Morgan fingerprint density at radius 3 is 2.67 bits per heavy atom. The van der Waals surface area contributed by atoms with Crippen molar-refractivity contribution in [3.8, 4) is 0 Å². The lowest BCUT2D eigenvalue weighted by Crippen LogP contribution is -2.26. The van der Waals surface area contributed by atoms with Crippen LogP contribution in [0.4, 0.5) is 0 Å². The van der Waals surface area contributed by atoms with Crippen LogP contribution in [0.1, 0.15) is 18.1 Å². The molecule has 2 aromatic rings. The summed E-state index contributed by atoms with van der Waals surface area (Å²) in [7, 11) is 0. The van der Waals surface area contributed by atoms with Crippen molar-refractivity contribution in [3.63, 3.8) is 0 Å². The second-order valence-corrected chi connectivity index (χ2v) is 4.56. The van der Waals surface area contributed by atoms with Crippen molar-refractivity contribution in [3.05, 3.63) is 66.0 Å². The molecule has 3 rings (SSSR count). The van der Waals surface area contributed by atoms with Crippen molar-refractivity contribution in [2.24, 2.45) is 4.99 Å². The van der Waals surface area contributed by atoms with Gasteiger partial charge in [0.1, 0.15) is 0 Å². The molecule has 0 saturated carbocycles. The van der Waals surface area contributed by atoms with Gasteiger partial charge in [0.2, 0.25) is 5.90 Å². The average molecular weight is 238 g/mol. The lowest BCUT2D eigenvalue weighted by molar-refractivity contribution is 0.108. The van der Waals surface area contributed by atoms with Crippen LogP contribution in [0.2, 0.25) is 0 Å². The molecule has 0 N–H and O–H groups in total. The molecule has 1 unspecified atom stereocenters. The summed E-state index contributed by atoms with van der Waals surface area (Å²) in [5.74, 6) is 0.710. The van der Waals surface area contributed by atoms with E-state index in [2.05, 4.69) is 9.98 Å². The largest absolute Gasteiger partial charge is 0.464 e. The molecule has 1 atom stereocenters. The van der Waals surface area contributed by atoms with Gasteiger partial charge in [0.25, 0.3) is 0 Å². The number of hydrogen-bond acceptors (Lipinski definition) is 3. The van der Waals surface area contributed by atoms with E-state index < -0.39 is 5.60 Å². The molecule has 18 heavy (non-hydrogen) atoms. The second-order valence-electron chi connectivity index (χ2n) is 4.56. The summed E-state index contributed by atoms with van der Waals surface area (Å²) >= 11 is 0. The second kappa shape index (κ2) is 4.26. The molecule has 0 spiro atoms. The summed E-state index contributed by atoms with van der Waals surface area (Å²) in [5.41, 5.74) is 1.67. The minimum atomic E-state index is -0.403. The van der Waals surface area contributed by atoms with Crippen molar-refractivity contribution >= 4 is 5.90 Å². The highest BCUT2D eigenvalue weighted by Gasteiger charge is 2.35. The number of aliphatic imine (C=N–C) groups is 1. The fraction of sp³-hybridized carbons (Fsp3) is 0.200. The van der Waals surface area contributed by atoms with E-state index in [0.717, 1.165) is 11.1 Å². The Balaban J connectivity index is 1.86. The monoisotopic (exact) mass is 238 g/mol. The summed E-state index contributed by atoms with van der Waals surface area (Å²) < 4.78 is 6.03. The Hall–Kier alpha value is -2.16. The predicted octanol–water partition coefficient (Wildman–Crippen LogP) is 2.77. The molecular formula is C15H14N2O. The van der Waals surface area contributed by atoms with Crippen LogP contribution in [0.25, 0.3) is 0 Å². The van der Waals surface area contributed by atoms with Gasteiger partial charge in [0, 0.05) is 23.5 Å². The molecular weight excluding hydrogens is 224 g/mol. The van der Waals surface area contributed by atoms with Crippen molar-refractivity contribution in [2.75, 3.05) is 6.54 Å². The minimum absolute atomic E-state index is 0.403. The predicted molar refractivity (Wildman–Crippen MR) is 70.5 cm³/mol. The molecule has 3 nitrogen and oxygen atoms in total. The summed E-state index contributed by atoms with van der Waals surface area (Å²) in [6.45, 7) is 2.67. The fourth-order valence-corrected chi connectivity index (χ4v) is 2.06. The van der Waals surface area contributed by atoms with Crippen molar-refractivity contribution in [1.29, 1.82) is 0 Å². The maximum Gasteiger partial charge on any atom is 0.217 e. The molecule has 0 amide bonds. The number of hydrogen-bond donors (Lipinski definition) is 0. The maximum absolute atomic E-state index is 6.03. The number of rotatable bonds is 2. The van der Waals surface area contributed by atoms with Gasteiger partial charge >= 0.3 is 0 Å². The maximum atomic E-state index is 6.03. The molecule has 0 fully saturated rings. The smallest absolute Gasteiger partial charge is 0.217 e. The average Bonchev–Trinajstić information content (AvgIpc) is 2.85. The minimum Gasteiger partial charge on any atom is -0.464 e. The summed E-state index contributed by atoms with van der Waals surface area (Å²) in [6, 6.07) is 13.9. The molecule has 1 aromatic heterocycles. The zero-order chi connectivity index (χ0) is 12.4. The van der Waals surface area contributed by atoms with Crippen LogP contribution >= 0.6 is 0 Å². The summed E-state index contributed by atoms with van der Waals surface area (Å²) in [6.07, 6.45) is 3.60. The Kier molecular flexibility index (Phi) is 2.59. The van der Waals surface area contributed by atoms with Gasteiger partial charge in [-0.15, -0.1) is 0 Å². The summed E-state index contributed by atoms with van der Waals surface area (Å²) in [4.78, 5) is 8.64. The van der Waals surface area contributed by atoms with E-state index in [1.807, 2.05) is 55.6 Å². The fourth-order valence-electron chi connectivity index (χ4n) is 2.06. The third-order valence-corrected chi connectivity index (χ3v) is 3.14. The number of ether oxygens (including phenoxy) is 1. The van der Waals surface area contributed by atoms with Crippen LogP contribution < -0.4 is 0 Å². The summed E-state index contributed by atoms with van der Waals surface area (Å²) in [5, 5.41) is 0. The molecule has 0 saturated heterocycles. The normalized spacial score (nSPS) is 22.4. The first-order valence-electron chi connectivity index (χ1n) is 5.97. The van der Waals surface area contributed by atoms with Gasteiger partial charge in [0.15, 0.2) is 5.60 Å². The van der Waals surface area contributed by atoms with Gasteiger partial charge in [-0.3, -0.25) is 4.98 Å². The number of aromatic nitrogens is 1. The molecule has 0 radical (unpaired) electrons. The van der Waals surface area contributed by atoms with E-state index in [1.165, 1.54) is 0 Å². The van der Waals surface area contributed by atoms with Crippen LogP contribution in [-0.2, 0) is 10.3 Å². The van der Waals surface area contributed by atoms with Gasteiger partial charge in [-0.05, 0) is 25.1 Å². The highest BCUT2D eigenvalue weighted by molar-refractivity contribution is 5.95. The Bertz CT molecular complexity index is 566. The van der Waals surface area contributed by atoms with Gasteiger partial charge in [-0.2, -0.15) is 0 Å². The van der Waals surface area contributed by atoms with E-state index >= 15 is 0 Å². The SMILES string of the molecule is CC1(c2cccnc2)CN=C(c2ccccc2)O1. The van der Waals surface area contributed by atoms with Gasteiger partial charge in [-0.25, -0.2) is 4.99 Å². The first kappa shape index (κ1) is 11.0. The zero-order valence-corrected chi connectivity index (χ0v) is 10.2. The topological polar surface area (TPSA) is 34.5 Å². The number of pyridine rings is 1. The Morgan fingerprint density at radius 2 is 1.94 bits per heavy atom. The lowest BCUT2D eigenvalue weighted by Gasteiger charge is -2.23. The van der Waals surface area contributed by atoms with Crippen molar-refractivity contribution in [1.82, 2.24) is 4.98 Å². The highest BCUT2D eigenvalue weighted by Crippen LogP contribution is 2.31. The molecule has 0 bridgehead atoms. The van der Waals surface area contributed by atoms with Crippen LogP contribution in [-0.4, -0.2) is 17.4 Å². The van der Waals surface area contributed by atoms with Crippen LogP contribution in [0.5, 0.6) is 0 Å². The van der Waals surface area contributed by atoms with E-state index in [9.17, 15) is 0 Å². The van der Waals surface area contributed by atoms with Gasteiger partial charge < -0.3 is 4.74 Å². The molecule has 2 heterocycles. The Morgan fingerprint density at radius 1 is 1.11 bits per heavy atom. The molecule has 1 aromatic carbocycles. The van der Waals surface area contributed by atoms with Gasteiger partial charge in [-0.1, -0.05) is 24.3 Å². The van der Waals surface area contributed by atoms with E-state index in [4.69, 9.17) is 4.74 Å². The number of benzene rings is 1. The van der Waals surface area contributed by atoms with E-state index in [-0.39, 0.29) is 0 Å². The number of nitrogens with zero attached hydrogens (tertiary/aromatic N) is 2. The zero-order valence-electron chi connectivity index (χ0n) is 10.2. The quantitative estimate of drug-likeness (QED) is 0.806. The van der Waals surface area contributed by atoms with Crippen molar-refractivity contribution < 1.29 is 4.74 Å². The van der Waals surface area contributed by atoms with Crippen LogP contribution in [0.3, 0.4) is 0 Å². The first-order valence-corrected chi connectivity index (χ1v) is 5.97. The third-order valence-electron chi connectivity index (χ3n) is 3.14. The lowest BCUT2D eigenvalue weighted by atomic mass is 9.98. The highest BCUT2D eigenvalue weighted by atomic mass is 16.5. The Labute approximate surface area is 106 Å². The molecule has 3 heteroatoms. The van der Waals surface area contributed by atoms with Crippen LogP contribution in [0, 0.1) is 0 Å². The molecule has 0 aliphatic carbocycles. The van der Waals surface area contributed by atoms with E-state index in [1.54, 1.807) is 6.20 Å². The van der Waals surface area contributed by atoms with Crippen molar-refractivity contribution in [2.45, 2.75) is 12.5 Å². The van der Waals surface area contributed by atoms with Crippen LogP contribution in [0.15, 0.2) is 59.9 Å². The standard InChI is InChI=1S/C15H14N2O/c1-15(13-8-5-9-16-10-13)11-17-14(18-15)12-6-3-2-4-7-12/h2-10H,11H2,1H3. The third kappa shape index (κ3) is 1.88. The van der Waals surface area contributed by atoms with E-state index in [0.29, 0.717) is 12.4 Å².